The molecule has 0 aromatic heterocycles. The molecule has 0 spiro atoms. The van der Waals surface area contributed by atoms with Crippen LogP contribution in [0.5, 0.6) is 11.5 Å². The van der Waals surface area contributed by atoms with E-state index in [2.05, 4.69) is 57.4 Å². The monoisotopic (exact) mass is 598 g/mol. The summed E-state index contributed by atoms with van der Waals surface area (Å²) >= 11 is 8.12. The molecule has 0 saturated heterocycles. The lowest BCUT2D eigenvalue weighted by Crippen LogP contribution is -2.19. The molecule has 0 saturated carbocycles. The van der Waals surface area contributed by atoms with Crippen LogP contribution in [0, 0.1) is 3.57 Å². The Hall–Kier alpha value is -3.10. The van der Waals surface area contributed by atoms with E-state index >= 15 is 0 Å². The quantitative estimate of drug-likeness (QED) is 0.131. The van der Waals surface area contributed by atoms with Crippen LogP contribution in [-0.2, 0) is 17.8 Å². The number of carbonyl (C=O) groups excluding carboxylic acids is 1. The van der Waals surface area contributed by atoms with E-state index < -0.39 is 0 Å². The summed E-state index contributed by atoms with van der Waals surface area (Å²) in [6.07, 6.45) is 1.82. The largest absolute Gasteiger partial charge is 0.490 e. The van der Waals surface area contributed by atoms with Crippen LogP contribution in [0.2, 0.25) is 5.02 Å². The molecule has 0 aliphatic rings. The van der Waals surface area contributed by atoms with Crippen molar-refractivity contribution in [3.8, 4) is 11.5 Å². The highest BCUT2D eigenvalue weighted by Gasteiger charge is 2.13. The number of hydrogen-bond donors (Lipinski definition) is 1. The second kappa shape index (κ2) is 12.0. The number of halogens is 2. The third-order valence-corrected chi connectivity index (χ3v) is 6.32. The van der Waals surface area contributed by atoms with E-state index in [0.29, 0.717) is 29.7 Å². The fourth-order valence-electron chi connectivity index (χ4n) is 3.64. The molecule has 35 heavy (non-hydrogen) atoms. The van der Waals surface area contributed by atoms with E-state index in [1.165, 1.54) is 10.8 Å². The first-order valence-electron chi connectivity index (χ1n) is 11.2. The minimum absolute atomic E-state index is 0.210. The SMILES string of the molecule is CCOc1cc(/C=N\NC(=O)Cc2ccc(Cl)cc2)cc(I)c1OCc1cccc2ccccc12. The first-order valence-corrected chi connectivity index (χ1v) is 12.6. The molecule has 4 rings (SSSR count). The van der Waals surface area contributed by atoms with Gasteiger partial charge in [0.2, 0.25) is 5.91 Å². The number of rotatable bonds is 9. The van der Waals surface area contributed by atoms with Gasteiger partial charge in [-0.05, 0) is 81.2 Å². The van der Waals surface area contributed by atoms with Gasteiger partial charge in [-0.2, -0.15) is 5.10 Å². The van der Waals surface area contributed by atoms with E-state index in [1.807, 2.05) is 49.4 Å². The average Bonchev–Trinajstić information content (AvgIpc) is 2.85. The summed E-state index contributed by atoms with van der Waals surface area (Å²) in [5, 5.41) is 7.09. The Kier molecular flexibility index (Phi) is 8.60. The lowest BCUT2D eigenvalue weighted by molar-refractivity contribution is -0.120. The van der Waals surface area contributed by atoms with Crippen molar-refractivity contribution in [1.29, 1.82) is 0 Å². The topological polar surface area (TPSA) is 59.9 Å². The fourth-order valence-corrected chi connectivity index (χ4v) is 4.55. The summed E-state index contributed by atoms with van der Waals surface area (Å²) in [6.45, 7) is 2.85. The average molecular weight is 599 g/mol. The van der Waals surface area contributed by atoms with Gasteiger partial charge in [0.05, 0.1) is 22.8 Å². The van der Waals surface area contributed by atoms with Crippen molar-refractivity contribution in [3.05, 3.63) is 104 Å². The molecule has 7 heteroatoms. The van der Waals surface area contributed by atoms with Gasteiger partial charge in [0, 0.05) is 5.02 Å². The van der Waals surface area contributed by atoms with Gasteiger partial charge in [-0.3, -0.25) is 4.79 Å². The minimum Gasteiger partial charge on any atom is -0.490 e. The molecule has 0 heterocycles. The summed E-state index contributed by atoms with van der Waals surface area (Å²) in [5.74, 6) is 1.11. The number of hydrazone groups is 1. The maximum Gasteiger partial charge on any atom is 0.244 e. The summed E-state index contributed by atoms with van der Waals surface area (Å²) in [7, 11) is 0. The predicted octanol–water partition coefficient (Wildman–Crippen LogP) is 6.77. The van der Waals surface area contributed by atoms with E-state index in [-0.39, 0.29) is 12.3 Å². The first kappa shape index (κ1) is 25.0. The Morgan fingerprint density at radius 2 is 1.80 bits per heavy atom. The van der Waals surface area contributed by atoms with Gasteiger partial charge in [-0.1, -0.05) is 66.2 Å². The third kappa shape index (κ3) is 6.74. The molecule has 1 amide bonds. The molecule has 0 unspecified atom stereocenters. The lowest BCUT2D eigenvalue weighted by atomic mass is 10.1. The zero-order valence-electron chi connectivity index (χ0n) is 19.1. The number of amides is 1. The molecule has 5 nitrogen and oxygen atoms in total. The van der Waals surface area contributed by atoms with Gasteiger partial charge < -0.3 is 9.47 Å². The van der Waals surface area contributed by atoms with Gasteiger partial charge in [0.15, 0.2) is 11.5 Å². The first-order chi connectivity index (χ1) is 17.0. The standard InChI is InChI=1S/C28H24ClIN2O3/c1-2-34-26-15-20(17-31-32-27(33)16-19-10-12-23(29)13-11-19)14-25(30)28(26)35-18-22-8-5-7-21-6-3-4-9-24(21)22/h3-15,17H,2,16,18H2,1H3,(H,32,33)/b31-17-. The van der Waals surface area contributed by atoms with Gasteiger partial charge in [0.1, 0.15) is 6.61 Å². The normalized spacial score (nSPS) is 11.1. The molecular weight excluding hydrogens is 575 g/mol. The molecule has 0 atom stereocenters. The van der Waals surface area contributed by atoms with Crippen LogP contribution >= 0.6 is 34.2 Å². The van der Waals surface area contributed by atoms with Crippen LogP contribution in [0.25, 0.3) is 10.8 Å². The van der Waals surface area contributed by atoms with Crippen molar-refractivity contribution in [1.82, 2.24) is 5.43 Å². The maximum atomic E-state index is 12.2. The highest BCUT2D eigenvalue weighted by atomic mass is 127. The minimum atomic E-state index is -0.210. The molecule has 4 aromatic rings. The van der Waals surface area contributed by atoms with Crippen LogP contribution in [0.4, 0.5) is 0 Å². The van der Waals surface area contributed by atoms with E-state index in [0.717, 1.165) is 20.3 Å². The number of fused-ring (bicyclic) bond motifs is 1. The number of ether oxygens (including phenoxy) is 2. The number of carbonyl (C=O) groups is 1. The second-order valence-corrected chi connectivity index (χ2v) is 9.38. The van der Waals surface area contributed by atoms with E-state index in [4.69, 9.17) is 21.1 Å². The fraction of sp³-hybridized carbons (Fsp3) is 0.143. The Morgan fingerprint density at radius 3 is 2.60 bits per heavy atom. The summed E-state index contributed by atoms with van der Waals surface area (Å²) < 4.78 is 13.0. The molecule has 4 aromatic carbocycles. The third-order valence-electron chi connectivity index (χ3n) is 5.26. The van der Waals surface area contributed by atoms with Crippen LogP contribution in [-0.4, -0.2) is 18.7 Å². The van der Waals surface area contributed by atoms with Crippen LogP contribution in [0.15, 0.2) is 84.0 Å². The van der Waals surface area contributed by atoms with E-state index in [9.17, 15) is 4.79 Å². The van der Waals surface area contributed by atoms with Crippen LogP contribution in [0.3, 0.4) is 0 Å². The number of hydrogen-bond acceptors (Lipinski definition) is 4. The highest BCUT2D eigenvalue weighted by Crippen LogP contribution is 2.35. The molecule has 0 fully saturated rings. The Bertz CT molecular complexity index is 1350. The summed E-state index contributed by atoms with van der Waals surface area (Å²) in [5.41, 5.74) is 5.33. The molecular formula is C28H24ClIN2O3. The highest BCUT2D eigenvalue weighted by molar-refractivity contribution is 14.1. The molecule has 0 bridgehead atoms. The Balaban J connectivity index is 1.45. The second-order valence-electron chi connectivity index (χ2n) is 7.79. The predicted molar refractivity (Wildman–Crippen MR) is 150 cm³/mol. The van der Waals surface area contributed by atoms with Gasteiger partial charge >= 0.3 is 0 Å². The zero-order chi connectivity index (χ0) is 24.6. The van der Waals surface area contributed by atoms with Gasteiger partial charge in [-0.25, -0.2) is 5.43 Å². The van der Waals surface area contributed by atoms with Crippen LogP contribution in [0.1, 0.15) is 23.6 Å². The van der Waals surface area contributed by atoms with Gasteiger partial charge in [0.25, 0.3) is 0 Å². The zero-order valence-corrected chi connectivity index (χ0v) is 22.0. The molecule has 1 N–H and O–H groups in total. The van der Waals surface area contributed by atoms with Crippen molar-refractivity contribution in [2.24, 2.45) is 5.10 Å². The summed E-state index contributed by atoms with van der Waals surface area (Å²) in [6, 6.07) is 25.4. The van der Waals surface area contributed by atoms with Gasteiger partial charge in [-0.15, -0.1) is 0 Å². The Labute approximate surface area is 223 Å². The maximum absolute atomic E-state index is 12.2. The van der Waals surface area contributed by atoms with Crippen molar-refractivity contribution < 1.29 is 14.3 Å². The number of benzene rings is 4. The molecule has 0 aliphatic heterocycles. The molecule has 0 aliphatic carbocycles. The molecule has 0 radical (unpaired) electrons. The number of nitrogens with one attached hydrogen (secondary N) is 1. The lowest BCUT2D eigenvalue weighted by Gasteiger charge is -2.15. The van der Waals surface area contributed by atoms with E-state index in [1.54, 1.807) is 18.3 Å². The van der Waals surface area contributed by atoms with Crippen molar-refractivity contribution in [2.45, 2.75) is 20.0 Å². The smallest absolute Gasteiger partial charge is 0.244 e. The van der Waals surface area contributed by atoms with Crippen LogP contribution < -0.4 is 14.9 Å². The number of nitrogens with zero attached hydrogens (tertiary/aromatic N) is 1. The summed E-state index contributed by atoms with van der Waals surface area (Å²) in [4.78, 5) is 12.2. The van der Waals surface area contributed by atoms with Crippen molar-refractivity contribution in [2.75, 3.05) is 6.61 Å². The Morgan fingerprint density at radius 1 is 1.03 bits per heavy atom. The van der Waals surface area contributed by atoms with Crippen molar-refractivity contribution >= 4 is 57.1 Å². The van der Waals surface area contributed by atoms with Crippen molar-refractivity contribution in [3.63, 3.8) is 0 Å². The molecule has 178 valence electrons.